The zero-order valence-corrected chi connectivity index (χ0v) is 16.2. The monoisotopic (exact) mass is 391 g/mol. The number of aryl methyl sites for hydroxylation is 1. The number of nitrogens with one attached hydrogen (secondary N) is 1. The van der Waals surface area contributed by atoms with Crippen LogP contribution in [0.25, 0.3) is 0 Å². The molecule has 2 rings (SSSR count). The zero-order chi connectivity index (χ0) is 17.4. The summed E-state index contributed by atoms with van der Waals surface area (Å²) in [5.41, 5.74) is 2.49. The van der Waals surface area contributed by atoms with Crippen LogP contribution in [0, 0.1) is 0 Å². The van der Waals surface area contributed by atoms with Crippen LogP contribution in [0.15, 0.2) is 46.9 Å². The fourth-order valence-corrected chi connectivity index (χ4v) is 3.11. The lowest BCUT2D eigenvalue weighted by Gasteiger charge is -2.18. The van der Waals surface area contributed by atoms with Crippen molar-refractivity contribution in [3.63, 3.8) is 0 Å². The van der Waals surface area contributed by atoms with E-state index < -0.39 is 0 Å². The first-order valence-electron chi connectivity index (χ1n) is 8.40. The maximum atomic E-state index is 5.79. The topological polar surface area (TPSA) is 30.5 Å². The van der Waals surface area contributed by atoms with Gasteiger partial charge in [-0.3, -0.25) is 0 Å². The number of ether oxygens (including phenoxy) is 2. The van der Waals surface area contributed by atoms with E-state index in [1.165, 1.54) is 5.56 Å². The third kappa shape index (κ3) is 5.53. The Morgan fingerprint density at radius 1 is 1.17 bits per heavy atom. The predicted molar refractivity (Wildman–Crippen MR) is 103 cm³/mol. The molecule has 0 aliphatic carbocycles. The molecule has 0 radical (unpaired) electrons. The summed E-state index contributed by atoms with van der Waals surface area (Å²) in [5.74, 6) is 1.59. The van der Waals surface area contributed by atoms with Crippen molar-refractivity contribution in [1.29, 1.82) is 0 Å². The minimum atomic E-state index is 0.421. The molecule has 4 heteroatoms. The van der Waals surface area contributed by atoms with Gasteiger partial charge in [0.15, 0.2) is 11.5 Å². The van der Waals surface area contributed by atoms with Gasteiger partial charge in [0.1, 0.15) is 0 Å². The largest absolute Gasteiger partial charge is 0.493 e. The summed E-state index contributed by atoms with van der Waals surface area (Å²) in [7, 11) is 1.67. The van der Waals surface area contributed by atoms with Crippen molar-refractivity contribution in [3.8, 4) is 11.5 Å². The Morgan fingerprint density at radius 2 is 1.92 bits per heavy atom. The second-order valence-corrected chi connectivity index (χ2v) is 6.75. The Kier molecular flexibility index (Phi) is 7.60. The number of methoxy groups -OCH3 is 1. The van der Waals surface area contributed by atoms with E-state index in [2.05, 4.69) is 64.6 Å². The van der Waals surface area contributed by atoms with Gasteiger partial charge in [-0.15, -0.1) is 0 Å². The van der Waals surface area contributed by atoms with E-state index in [1.54, 1.807) is 7.11 Å². The third-order valence-electron chi connectivity index (χ3n) is 3.95. The maximum absolute atomic E-state index is 5.79. The van der Waals surface area contributed by atoms with Gasteiger partial charge in [0.25, 0.3) is 0 Å². The number of hydrogen-bond donors (Lipinski definition) is 1. The Hall–Kier alpha value is -1.52. The first kappa shape index (κ1) is 18.8. The van der Waals surface area contributed by atoms with Gasteiger partial charge in [-0.1, -0.05) is 46.3 Å². The first-order chi connectivity index (χ1) is 11.6. The average Bonchev–Trinajstić information content (AvgIpc) is 2.60. The minimum absolute atomic E-state index is 0.421. The van der Waals surface area contributed by atoms with Crippen molar-refractivity contribution in [1.82, 2.24) is 5.32 Å². The molecule has 0 unspecified atom stereocenters. The highest BCUT2D eigenvalue weighted by molar-refractivity contribution is 9.10. The summed E-state index contributed by atoms with van der Waals surface area (Å²) < 4.78 is 12.2. The quantitative estimate of drug-likeness (QED) is 0.654. The van der Waals surface area contributed by atoms with Crippen LogP contribution >= 0.6 is 15.9 Å². The molecule has 0 saturated heterocycles. The summed E-state index contributed by atoms with van der Waals surface area (Å²) in [6.45, 7) is 5.58. The number of rotatable bonds is 9. The molecule has 2 aromatic rings. The Balaban J connectivity index is 1.96. The van der Waals surface area contributed by atoms with Crippen LogP contribution < -0.4 is 14.8 Å². The molecule has 0 saturated carbocycles. The molecule has 0 fully saturated rings. The normalized spacial score (nSPS) is 12.0. The summed E-state index contributed by atoms with van der Waals surface area (Å²) in [6.07, 6.45) is 2.17. The van der Waals surface area contributed by atoms with E-state index in [-0.39, 0.29) is 0 Å². The molecular weight excluding hydrogens is 366 g/mol. The molecule has 3 nitrogen and oxygen atoms in total. The van der Waals surface area contributed by atoms with Crippen LogP contribution in [0.5, 0.6) is 11.5 Å². The van der Waals surface area contributed by atoms with Gasteiger partial charge >= 0.3 is 0 Å². The zero-order valence-electron chi connectivity index (χ0n) is 14.6. The van der Waals surface area contributed by atoms with E-state index in [4.69, 9.17) is 9.47 Å². The van der Waals surface area contributed by atoms with E-state index >= 15 is 0 Å². The van der Waals surface area contributed by atoms with Gasteiger partial charge in [-0.05, 0) is 44.4 Å². The molecule has 0 aliphatic heterocycles. The maximum Gasteiger partial charge on any atom is 0.165 e. The molecule has 0 aliphatic rings. The minimum Gasteiger partial charge on any atom is -0.493 e. The molecule has 0 heterocycles. The van der Waals surface area contributed by atoms with Gasteiger partial charge < -0.3 is 14.8 Å². The van der Waals surface area contributed by atoms with Crippen molar-refractivity contribution in [2.24, 2.45) is 0 Å². The lowest BCUT2D eigenvalue weighted by Crippen LogP contribution is -2.26. The van der Waals surface area contributed by atoms with Crippen LogP contribution in [0.1, 0.15) is 31.4 Å². The second-order valence-electron chi connectivity index (χ2n) is 5.84. The average molecular weight is 392 g/mol. The first-order valence-corrected chi connectivity index (χ1v) is 9.19. The molecule has 130 valence electrons. The molecular formula is C20H26BrNO2. The van der Waals surface area contributed by atoms with E-state index in [1.807, 2.05) is 13.0 Å². The number of halogens is 1. The van der Waals surface area contributed by atoms with Crippen LogP contribution in [0.2, 0.25) is 0 Å². The summed E-state index contributed by atoms with van der Waals surface area (Å²) in [5, 5.41) is 3.59. The number of hydrogen-bond acceptors (Lipinski definition) is 3. The molecule has 0 aromatic heterocycles. The molecule has 1 atom stereocenters. The molecule has 2 aromatic carbocycles. The lowest BCUT2D eigenvalue weighted by atomic mass is 10.1. The Bertz CT molecular complexity index is 631. The molecule has 0 amide bonds. The third-order valence-corrected chi connectivity index (χ3v) is 4.41. The van der Waals surface area contributed by atoms with Gasteiger partial charge in [-0.2, -0.15) is 0 Å². The van der Waals surface area contributed by atoms with Crippen molar-refractivity contribution >= 4 is 15.9 Å². The van der Waals surface area contributed by atoms with Crippen molar-refractivity contribution in [2.45, 2.75) is 39.3 Å². The van der Waals surface area contributed by atoms with E-state index in [9.17, 15) is 0 Å². The van der Waals surface area contributed by atoms with Crippen LogP contribution in [-0.2, 0) is 13.0 Å². The highest BCUT2D eigenvalue weighted by Crippen LogP contribution is 2.35. The summed E-state index contributed by atoms with van der Waals surface area (Å²) in [4.78, 5) is 0. The van der Waals surface area contributed by atoms with Crippen LogP contribution in [0.4, 0.5) is 0 Å². The van der Waals surface area contributed by atoms with Crippen LogP contribution in [0.3, 0.4) is 0 Å². The fraction of sp³-hybridized carbons (Fsp3) is 0.400. The second kappa shape index (κ2) is 9.70. The van der Waals surface area contributed by atoms with Crippen molar-refractivity contribution in [2.75, 3.05) is 13.7 Å². The molecule has 0 bridgehead atoms. The fourth-order valence-electron chi connectivity index (χ4n) is 2.63. The van der Waals surface area contributed by atoms with Crippen LogP contribution in [-0.4, -0.2) is 19.8 Å². The van der Waals surface area contributed by atoms with Gasteiger partial charge in [-0.25, -0.2) is 0 Å². The van der Waals surface area contributed by atoms with Gasteiger partial charge in [0.05, 0.1) is 13.7 Å². The Labute approximate surface area is 153 Å². The molecule has 24 heavy (non-hydrogen) atoms. The van der Waals surface area contributed by atoms with Gasteiger partial charge in [0, 0.05) is 22.6 Å². The predicted octanol–water partition coefficient (Wildman–Crippen LogP) is 4.97. The highest BCUT2D eigenvalue weighted by Gasteiger charge is 2.13. The van der Waals surface area contributed by atoms with E-state index in [0.29, 0.717) is 12.6 Å². The Morgan fingerprint density at radius 3 is 2.58 bits per heavy atom. The molecule has 1 N–H and O–H groups in total. The number of benzene rings is 2. The molecule has 0 spiro atoms. The lowest BCUT2D eigenvalue weighted by molar-refractivity contribution is 0.306. The van der Waals surface area contributed by atoms with Gasteiger partial charge in [0.2, 0.25) is 0 Å². The van der Waals surface area contributed by atoms with Crippen molar-refractivity contribution < 1.29 is 9.47 Å². The smallest absolute Gasteiger partial charge is 0.165 e. The highest BCUT2D eigenvalue weighted by atomic mass is 79.9. The van der Waals surface area contributed by atoms with Crippen molar-refractivity contribution in [3.05, 3.63) is 58.1 Å². The van der Waals surface area contributed by atoms with E-state index in [0.717, 1.165) is 40.9 Å². The SMILES string of the molecule is CCOc1c(CN[C@@H](C)CCc2ccccc2)cc(Br)cc1OC. The summed E-state index contributed by atoms with van der Waals surface area (Å²) in [6, 6.07) is 15.0. The standard InChI is InChI=1S/C20H26BrNO2/c1-4-24-20-17(12-18(21)13-19(20)23-3)14-22-15(2)10-11-16-8-6-5-7-9-16/h5-9,12-13,15,22H,4,10-11,14H2,1-3H3/t15-/m0/s1. The summed E-state index contributed by atoms with van der Waals surface area (Å²) >= 11 is 3.54.